The second kappa shape index (κ2) is 4.50. The summed E-state index contributed by atoms with van der Waals surface area (Å²) in [4.78, 5) is 16.6. The van der Waals surface area contributed by atoms with E-state index in [1.165, 1.54) is 6.20 Å². The molecule has 1 unspecified atom stereocenters. The number of pyridine rings is 1. The van der Waals surface area contributed by atoms with Crippen LogP contribution in [0.25, 0.3) is 10.8 Å². The van der Waals surface area contributed by atoms with Gasteiger partial charge in [0.1, 0.15) is 6.20 Å². The summed E-state index contributed by atoms with van der Waals surface area (Å²) >= 11 is 0. The van der Waals surface area contributed by atoms with Gasteiger partial charge in [-0.2, -0.15) is 0 Å². The highest BCUT2D eigenvalue weighted by Gasteiger charge is 2.21. The van der Waals surface area contributed by atoms with Gasteiger partial charge in [-0.1, -0.05) is 0 Å². The molecule has 1 atom stereocenters. The molecule has 0 amide bonds. The number of fused-ring (bicyclic) bond motifs is 1. The van der Waals surface area contributed by atoms with E-state index in [0.717, 1.165) is 30.5 Å². The third-order valence-electron chi connectivity index (χ3n) is 3.55. The highest BCUT2D eigenvalue weighted by molar-refractivity contribution is 5.92. The SMILES string of the molecule is [CH]C1CCCN1c1ccc2c([N+](=O)[O-])cncc2c1. The zero-order valence-corrected chi connectivity index (χ0v) is 10.3. The van der Waals surface area contributed by atoms with Crippen molar-refractivity contribution in [2.45, 2.75) is 18.9 Å². The largest absolute Gasteiger partial charge is 0.368 e. The molecule has 19 heavy (non-hydrogen) atoms. The number of aromatic nitrogens is 1. The quantitative estimate of drug-likeness (QED) is 0.611. The predicted molar refractivity (Wildman–Crippen MR) is 73.1 cm³/mol. The van der Waals surface area contributed by atoms with Gasteiger partial charge in [0.15, 0.2) is 0 Å². The molecule has 0 bridgehead atoms. The number of nitro groups is 1. The van der Waals surface area contributed by atoms with Crippen LogP contribution in [0.3, 0.4) is 0 Å². The summed E-state index contributed by atoms with van der Waals surface area (Å²) in [6.07, 6.45) is 4.98. The Morgan fingerprint density at radius 3 is 2.95 bits per heavy atom. The summed E-state index contributed by atoms with van der Waals surface area (Å²) in [6, 6.07) is 5.61. The Morgan fingerprint density at radius 1 is 1.42 bits per heavy atom. The lowest BCUT2D eigenvalue weighted by Crippen LogP contribution is -2.26. The maximum Gasteiger partial charge on any atom is 0.295 e. The van der Waals surface area contributed by atoms with Crippen molar-refractivity contribution in [1.29, 1.82) is 0 Å². The Morgan fingerprint density at radius 2 is 2.26 bits per heavy atom. The van der Waals surface area contributed by atoms with E-state index in [4.69, 9.17) is 6.92 Å². The van der Waals surface area contributed by atoms with Crippen molar-refractivity contribution in [3.8, 4) is 0 Å². The van der Waals surface area contributed by atoms with E-state index in [1.807, 2.05) is 12.1 Å². The zero-order valence-electron chi connectivity index (χ0n) is 10.3. The van der Waals surface area contributed by atoms with Crippen LogP contribution in [0.4, 0.5) is 11.4 Å². The summed E-state index contributed by atoms with van der Waals surface area (Å²) in [6.45, 7) is 6.96. The lowest BCUT2D eigenvalue weighted by atomic mass is 10.1. The van der Waals surface area contributed by atoms with Gasteiger partial charge in [0, 0.05) is 29.9 Å². The van der Waals surface area contributed by atoms with Crippen LogP contribution in [-0.4, -0.2) is 22.5 Å². The first-order chi connectivity index (χ1) is 9.16. The van der Waals surface area contributed by atoms with E-state index in [2.05, 4.69) is 9.88 Å². The van der Waals surface area contributed by atoms with E-state index >= 15 is 0 Å². The molecule has 1 aliphatic heterocycles. The minimum atomic E-state index is -0.406. The Balaban J connectivity index is 2.09. The normalized spacial score (nSPS) is 19.0. The van der Waals surface area contributed by atoms with Crippen LogP contribution in [0.5, 0.6) is 0 Å². The molecule has 0 aliphatic carbocycles. The van der Waals surface area contributed by atoms with Gasteiger partial charge >= 0.3 is 0 Å². The summed E-state index contributed by atoms with van der Waals surface area (Å²) in [5, 5.41) is 12.3. The van der Waals surface area contributed by atoms with E-state index in [1.54, 1.807) is 12.3 Å². The average Bonchev–Trinajstić information content (AvgIpc) is 2.83. The molecule has 0 saturated carbocycles. The van der Waals surface area contributed by atoms with Gasteiger partial charge in [0.25, 0.3) is 5.69 Å². The van der Waals surface area contributed by atoms with Gasteiger partial charge < -0.3 is 4.90 Å². The molecule has 1 aromatic heterocycles. The van der Waals surface area contributed by atoms with Crippen LogP contribution < -0.4 is 4.90 Å². The standard InChI is InChI=1S/C14H13N3O2/c1-10-3-2-6-16(10)12-4-5-13-11(7-12)8-15-9-14(13)17(18)19/h1,4-5,7-10H,2-3,6H2. The molecule has 5 nitrogen and oxygen atoms in total. The smallest absolute Gasteiger partial charge is 0.295 e. The third kappa shape index (κ3) is 2.01. The van der Waals surface area contributed by atoms with Crippen molar-refractivity contribution in [2.75, 3.05) is 11.4 Å². The fourth-order valence-corrected chi connectivity index (χ4v) is 2.59. The Hall–Kier alpha value is -2.17. The van der Waals surface area contributed by atoms with Crippen LogP contribution in [0.1, 0.15) is 12.8 Å². The Labute approximate surface area is 111 Å². The maximum absolute atomic E-state index is 10.9. The molecule has 0 N–H and O–H groups in total. The number of anilines is 1. The fraction of sp³-hybridized carbons (Fsp3) is 0.286. The third-order valence-corrected chi connectivity index (χ3v) is 3.55. The minimum absolute atomic E-state index is 0.0316. The predicted octanol–water partition coefficient (Wildman–Crippen LogP) is 2.82. The number of nitrogens with zero attached hydrogens (tertiary/aromatic N) is 3. The van der Waals surface area contributed by atoms with Crippen LogP contribution in [-0.2, 0) is 0 Å². The molecule has 3 rings (SSSR count). The molecule has 1 aliphatic rings. The van der Waals surface area contributed by atoms with Gasteiger partial charge in [0.2, 0.25) is 0 Å². The van der Waals surface area contributed by atoms with Gasteiger partial charge in [-0.05, 0) is 38.0 Å². The zero-order chi connectivity index (χ0) is 13.4. The highest BCUT2D eigenvalue weighted by atomic mass is 16.6. The molecule has 96 valence electrons. The topological polar surface area (TPSA) is 59.3 Å². The first-order valence-electron chi connectivity index (χ1n) is 6.21. The highest BCUT2D eigenvalue weighted by Crippen LogP contribution is 2.31. The lowest BCUT2D eigenvalue weighted by molar-refractivity contribution is -0.383. The lowest BCUT2D eigenvalue weighted by Gasteiger charge is -2.23. The van der Waals surface area contributed by atoms with Gasteiger partial charge in [-0.25, -0.2) is 0 Å². The molecule has 1 fully saturated rings. The van der Waals surface area contributed by atoms with E-state index in [-0.39, 0.29) is 11.7 Å². The van der Waals surface area contributed by atoms with Crippen LogP contribution >= 0.6 is 0 Å². The summed E-state index contributed by atoms with van der Waals surface area (Å²) in [5.41, 5.74) is 1.04. The first kappa shape index (κ1) is 11.9. The van der Waals surface area contributed by atoms with Crippen molar-refractivity contribution in [3.05, 3.63) is 47.6 Å². The number of rotatable bonds is 2. The summed E-state index contributed by atoms with van der Waals surface area (Å²) in [5.74, 6) is 0. The van der Waals surface area contributed by atoms with Gasteiger partial charge in [-0.15, -0.1) is 0 Å². The molecular formula is C14H13N3O2. The molecule has 5 heteroatoms. The molecule has 1 aromatic carbocycles. The van der Waals surface area contributed by atoms with E-state index in [9.17, 15) is 10.1 Å². The molecule has 2 radical (unpaired) electrons. The second-order valence-corrected chi connectivity index (χ2v) is 4.72. The molecule has 0 spiro atoms. The molecule has 1 saturated heterocycles. The van der Waals surface area contributed by atoms with Crippen LogP contribution in [0.15, 0.2) is 30.6 Å². The minimum Gasteiger partial charge on any atom is -0.368 e. The van der Waals surface area contributed by atoms with Crippen molar-refractivity contribution in [3.63, 3.8) is 0 Å². The molecular weight excluding hydrogens is 242 g/mol. The van der Waals surface area contributed by atoms with Crippen molar-refractivity contribution in [1.82, 2.24) is 4.98 Å². The number of hydrogen-bond donors (Lipinski definition) is 0. The van der Waals surface area contributed by atoms with Crippen molar-refractivity contribution >= 4 is 22.1 Å². The maximum atomic E-state index is 10.9. The number of benzene rings is 1. The van der Waals surface area contributed by atoms with Crippen LogP contribution in [0, 0.1) is 17.0 Å². The van der Waals surface area contributed by atoms with E-state index in [0.29, 0.717) is 5.39 Å². The number of hydrogen-bond acceptors (Lipinski definition) is 4. The average molecular weight is 255 g/mol. The second-order valence-electron chi connectivity index (χ2n) is 4.72. The monoisotopic (exact) mass is 255 g/mol. The van der Waals surface area contributed by atoms with Crippen molar-refractivity contribution in [2.24, 2.45) is 0 Å². The van der Waals surface area contributed by atoms with Crippen molar-refractivity contribution < 1.29 is 4.92 Å². The Kier molecular flexibility index (Phi) is 2.81. The van der Waals surface area contributed by atoms with Gasteiger partial charge in [0.05, 0.1) is 10.3 Å². The molecule has 2 aromatic rings. The summed E-state index contributed by atoms with van der Waals surface area (Å²) < 4.78 is 0. The van der Waals surface area contributed by atoms with E-state index < -0.39 is 4.92 Å². The fourth-order valence-electron chi connectivity index (χ4n) is 2.59. The van der Waals surface area contributed by atoms with Crippen LogP contribution in [0.2, 0.25) is 0 Å². The van der Waals surface area contributed by atoms with Gasteiger partial charge in [-0.3, -0.25) is 15.1 Å². The first-order valence-corrected chi connectivity index (χ1v) is 6.21. The Bertz CT molecular complexity index is 642. The summed E-state index contributed by atoms with van der Waals surface area (Å²) in [7, 11) is 0. The molecule has 2 heterocycles.